The van der Waals surface area contributed by atoms with Crippen LogP contribution in [0.4, 0.5) is 10.5 Å². The van der Waals surface area contributed by atoms with Crippen molar-refractivity contribution in [1.82, 2.24) is 4.90 Å². The fraction of sp³-hybridized carbons (Fsp3) is 0.719. The van der Waals surface area contributed by atoms with Crippen LogP contribution < -0.4 is 10.5 Å². The van der Waals surface area contributed by atoms with E-state index in [0.29, 0.717) is 17.5 Å². The lowest BCUT2D eigenvalue weighted by Crippen LogP contribution is -2.56. The zero-order valence-electron chi connectivity index (χ0n) is 24.1. The van der Waals surface area contributed by atoms with Crippen LogP contribution in [0.3, 0.4) is 0 Å². The second-order valence-corrected chi connectivity index (χ2v) is 13.0. The molecule has 4 rings (SSSR count). The highest BCUT2D eigenvalue weighted by Crippen LogP contribution is 2.44. The minimum Gasteiger partial charge on any atom is -0.489 e. The molecular weight excluding hydrogens is 460 g/mol. The average molecular weight is 511 g/mol. The molecule has 0 saturated heterocycles. The molecule has 1 amide bonds. The number of carbonyl (C=O) groups excluding carboxylic acids is 1. The molecule has 2 unspecified atom stereocenters. The lowest BCUT2D eigenvalue weighted by atomic mass is 9.73. The Labute approximate surface area is 225 Å². The Morgan fingerprint density at radius 2 is 1.57 bits per heavy atom. The minimum absolute atomic E-state index is 0.0610. The van der Waals surface area contributed by atoms with Crippen molar-refractivity contribution in [3.05, 3.63) is 29.3 Å². The van der Waals surface area contributed by atoms with Crippen LogP contribution in [-0.2, 0) is 4.74 Å². The van der Waals surface area contributed by atoms with Crippen LogP contribution in [0, 0.1) is 18.8 Å². The van der Waals surface area contributed by atoms with E-state index in [0.717, 1.165) is 12.2 Å². The van der Waals surface area contributed by atoms with Gasteiger partial charge in [-0.15, -0.1) is 0 Å². The first-order chi connectivity index (χ1) is 17.5. The highest BCUT2D eigenvalue weighted by atomic mass is 16.6. The maximum absolute atomic E-state index is 13.9. The molecular formula is C32H50N2O3. The third kappa shape index (κ3) is 6.83. The number of hydrogen-bond acceptors (Lipinski definition) is 4. The second-order valence-electron chi connectivity index (χ2n) is 13.0. The van der Waals surface area contributed by atoms with Crippen LogP contribution in [0.15, 0.2) is 18.2 Å². The van der Waals surface area contributed by atoms with E-state index in [2.05, 4.69) is 30.0 Å². The van der Waals surface area contributed by atoms with E-state index in [-0.39, 0.29) is 24.3 Å². The topological polar surface area (TPSA) is 64.8 Å². The second kappa shape index (κ2) is 11.7. The quantitative estimate of drug-likeness (QED) is 0.405. The molecule has 1 aromatic carbocycles. The zero-order chi connectivity index (χ0) is 26.7. The molecule has 0 bridgehead atoms. The molecule has 1 aliphatic heterocycles. The summed E-state index contributed by atoms with van der Waals surface area (Å²) in [5, 5.41) is 0. The van der Waals surface area contributed by atoms with Gasteiger partial charge in [0.15, 0.2) is 0 Å². The number of nitrogens with zero attached hydrogens (tertiary/aromatic N) is 1. The van der Waals surface area contributed by atoms with Crippen molar-refractivity contribution in [2.24, 2.45) is 11.8 Å². The van der Waals surface area contributed by atoms with Gasteiger partial charge in [0.05, 0.1) is 17.8 Å². The number of anilines is 1. The highest BCUT2D eigenvalue weighted by molar-refractivity contribution is 5.77. The molecule has 5 heteroatoms. The molecule has 206 valence electrons. The first-order valence-corrected chi connectivity index (χ1v) is 14.8. The van der Waals surface area contributed by atoms with E-state index in [4.69, 9.17) is 15.2 Å². The summed E-state index contributed by atoms with van der Waals surface area (Å²) >= 11 is 0. The van der Waals surface area contributed by atoms with Crippen LogP contribution in [0.25, 0.3) is 5.57 Å². The van der Waals surface area contributed by atoms with Crippen LogP contribution in [0.5, 0.6) is 5.75 Å². The molecule has 2 N–H and O–H groups in total. The summed E-state index contributed by atoms with van der Waals surface area (Å²) in [5.41, 5.74) is 10.3. The lowest BCUT2D eigenvalue weighted by molar-refractivity contribution is -0.0117. The van der Waals surface area contributed by atoms with Gasteiger partial charge in [0.25, 0.3) is 0 Å². The van der Waals surface area contributed by atoms with E-state index < -0.39 is 5.60 Å². The maximum atomic E-state index is 13.9. The summed E-state index contributed by atoms with van der Waals surface area (Å²) in [6, 6.07) is 4.43. The Morgan fingerprint density at radius 3 is 2.14 bits per heavy atom. The van der Waals surface area contributed by atoms with Crippen molar-refractivity contribution >= 4 is 17.4 Å². The van der Waals surface area contributed by atoms with Crippen molar-refractivity contribution < 1.29 is 14.3 Å². The smallest absolute Gasteiger partial charge is 0.411 e. The number of nitrogens with two attached hydrogens (primary N) is 1. The third-order valence-electron chi connectivity index (χ3n) is 8.48. The first kappa shape index (κ1) is 27.9. The van der Waals surface area contributed by atoms with Gasteiger partial charge in [-0.3, -0.25) is 4.90 Å². The van der Waals surface area contributed by atoms with Gasteiger partial charge >= 0.3 is 6.09 Å². The highest BCUT2D eigenvalue weighted by Gasteiger charge is 2.44. The SMILES string of the molecule is Cc1cc(N)c(OC(C)C)cc1C1=CC(C2CCCCC2)N(C(=O)OC(C)(C)C)C(C2CCCCC2)C1. The predicted molar refractivity (Wildman–Crippen MR) is 153 cm³/mol. The summed E-state index contributed by atoms with van der Waals surface area (Å²) in [5.74, 6) is 1.74. The first-order valence-electron chi connectivity index (χ1n) is 14.8. The van der Waals surface area contributed by atoms with Crippen LogP contribution >= 0.6 is 0 Å². The predicted octanol–water partition coefficient (Wildman–Crippen LogP) is 8.29. The number of amides is 1. The number of carbonyl (C=O) groups is 1. The summed E-state index contributed by atoms with van der Waals surface area (Å²) in [7, 11) is 0. The molecule has 1 aromatic rings. The van der Waals surface area contributed by atoms with Crippen molar-refractivity contribution in [3.8, 4) is 5.75 Å². The van der Waals surface area contributed by atoms with Gasteiger partial charge < -0.3 is 15.2 Å². The van der Waals surface area contributed by atoms with Crippen molar-refractivity contribution in [3.63, 3.8) is 0 Å². The number of nitrogen functional groups attached to an aromatic ring is 1. The number of hydrogen-bond donors (Lipinski definition) is 1. The maximum Gasteiger partial charge on any atom is 0.411 e. The largest absolute Gasteiger partial charge is 0.489 e. The normalized spacial score (nSPS) is 24.2. The monoisotopic (exact) mass is 510 g/mol. The van der Waals surface area contributed by atoms with Gasteiger partial charge in [-0.25, -0.2) is 4.79 Å². The number of benzene rings is 1. The molecule has 0 spiro atoms. The van der Waals surface area contributed by atoms with E-state index in [9.17, 15) is 4.79 Å². The Bertz CT molecular complexity index is 965. The Hall–Kier alpha value is -2.17. The zero-order valence-corrected chi connectivity index (χ0v) is 24.1. The van der Waals surface area contributed by atoms with E-state index in [1.54, 1.807) is 0 Å². The fourth-order valence-electron chi connectivity index (χ4n) is 6.83. The minimum atomic E-state index is -0.508. The molecule has 2 aliphatic carbocycles. The molecule has 0 aromatic heterocycles. The molecule has 2 saturated carbocycles. The van der Waals surface area contributed by atoms with E-state index in [1.165, 1.54) is 80.9 Å². The van der Waals surface area contributed by atoms with Gasteiger partial charge in [-0.1, -0.05) is 44.6 Å². The van der Waals surface area contributed by atoms with E-state index in [1.807, 2.05) is 34.6 Å². The molecule has 2 atom stereocenters. The molecule has 0 radical (unpaired) electrons. The van der Waals surface area contributed by atoms with Gasteiger partial charge in [0.1, 0.15) is 11.4 Å². The average Bonchev–Trinajstić information content (AvgIpc) is 2.84. The Kier molecular flexibility index (Phi) is 8.81. The molecule has 37 heavy (non-hydrogen) atoms. The molecule has 5 nitrogen and oxygen atoms in total. The van der Waals surface area contributed by atoms with Crippen molar-refractivity contribution in [2.45, 2.75) is 136 Å². The molecule has 3 aliphatic rings. The summed E-state index contributed by atoms with van der Waals surface area (Å²) < 4.78 is 12.2. The van der Waals surface area contributed by atoms with Gasteiger partial charge in [0.2, 0.25) is 0 Å². The molecule has 2 fully saturated rings. The Balaban J connectivity index is 1.80. The standard InChI is InChI=1S/C32H50N2O3/c1-21(2)36-30-20-26(22(3)17-27(30)33)25-18-28(23-13-9-7-10-14-23)34(31(35)37-32(4,5)6)29(19-25)24-15-11-8-12-16-24/h17-18,20-21,23-24,28-29H,7-16,19,33H2,1-6H3. The number of ether oxygens (including phenoxy) is 2. The van der Waals surface area contributed by atoms with E-state index >= 15 is 0 Å². The number of aryl methyl sites for hydroxylation is 1. The third-order valence-corrected chi connectivity index (χ3v) is 8.48. The van der Waals surface area contributed by atoms with Crippen LogP contribution in [0.2, 0.25) is 0 Å². The summed E-state index contributed by atoms with van der Waals surface area (Å²) in [6.07, 6.45) is 15.5. The fourth-order valence-corrected chi connectivity index (χ4v) is 6.83. The van der Waals surface area contributed by atoms with Crippen molar-refractivity contribution in [2.75, 3.05) is 5.73 Å². The molecule has 1 heterocycles. The van der Waals surface area contributed by atoms with Crippen LogP contribution in [-0.4, -0.2) is 34.8 Å². The van der Waals surface area contributed by atoms with Gasteiger partial charge in [-0.2, -0.15) is 0 Å². The summed E-state index contributed by atoms with van der Waals surface area (Å²) in [6.45, 7) is 12.2. The Morgan fingerprint density at radius 1 is 0.973 bits per heavy atom. The summed E-state index contributed by atoms with van der Waals surface area (Å²) in [4.78, 5) is 16.1. The van der Waals surface area contributed by atoms with Crippen LogP contribution in [0.1, 0.15) is 116 Å². The van der Waals surface area contributed by atoms with Gasteiger partial charge in [-0.05, 0) is 114 Å². The number of rotatable bonds is 5. The van der Waals surface area contributed by atoms with Gasteiger partial charge in [0, 0.05) is 6.04 Å². The lowest BCUT2D eigenvalue weighted by Gasteiger charge is -2.48. The van der Waals surface area contributed by atoms with Crippen molar-refractivity contribution in [1.29, 1.82) is 0 Å².